The number of carbonyl (C=O) groups is 4. The Morgan fingerprint density at radius 2 is 1.94 bits per heavy atom. The zero-order chi connectivity index (χ0) is 24.0. The summed E-state index contributed by atoms with van der Waals surface area (Å²) in [7, 11) is 0. The number of nitrogens with two attached hydrogens (primary N) is 1. The smallest absolute Gasteiger partial charge is 0.237 e. The number of unbranched alkanes of at least 4 members (excludes halogenated alkanes) is 1. The zero-order valence-electron chi connectivity index (χ0n) is 19.5. The average molecular weight is 463 g/mol. The lowest BCUT2D eigenvalue weighted by molar-refractivity contribution is -0.142. The molecule has 3 aliphatic rings. The quantitative estimate of drug-likeness (QED) is 0.159. The Bertz CT molecular complexity index is 772. The average Bonchev–Trinajstić information content (AvgIpc) is 2.77. The molecule has 7 N–H and O–H groups in total. The number of ketones is 2. The minimum absolute atomic E-state index is 0.0300. The molecule has 0 radical (unpaired) electrons. The molecule has 33 heavy (non-hydrogen) atoms. The number of piperazine rings is 1. The molecule has 184 valence electrons. The molecule has 0 aromatic rings. The van der Waals surface area contributed by atoms with E-state index < -0.39 is 12.1 Å². The minimum atomic E-state index is -0.612. The highest BCUT2D eigenvalue weighted by Gasteiger charge is 2.47. The topological polar surface area (TPSA) is 166 Å². The number of Topliss-reactive ketones (excluding diaryl/α,β-unsaturated/α-hetero) is 2. The van der Waals surface area contributed by atoms with Crippen molar-refractivity contribution in [2.45, 2.75) is 82.8 Å². The maximum absolute atomic E-state index is 13.6. The molecule has 0 spiro atoms. The van der Waals surface area contributed by atoms with E-state index in [-0.39, 0.29) is 53.1 Å². The lowest BCUT2D eigenvalue weighted by atomic mass is 9.67. The first-order valence-electron chi connectivity index (χ1n) is 12.3. The van der Waals surface area contributed by atoms with Crippen LogP contribution in [0, 0.1) is 23.2 Å². The minimum Gasteiger partial charge on any atom is -0.370 e. The largest absolute Gasteiger partial charge is 0.370 e. The summed E-state index contributed by atoms with van der Waals surface area (Å²) in [4.78, 5) is 51.6. The predicted octanol–water partition coefficient (Wildman–Crippen LogP) is -0.0443. The van der Waals surface area contributed by atoms with Gasteiger partial charge in [-0.15, -0.1) is 0 Å². The van der Waals surface area contributed by atoms with Gasteiger partial charge in [-0.3, -0.25) is 24.6 Å². The number of piperidine rings is 1. The number of rotatable bonds is 9. The predicted molar refractivity (Wildman–Crippen MR) is 123 cm³/mol. The molecule has 10 heteroatoms. The Hall–Kier alpha value is -2.49. The van der Waals surface area contributed by atoms with Crippen molar-refractivity contribution >= 4 is 29.3 Å². The van der Waals surface area contributed by atoms with Crippen LogP contribution in [0.3, 0.4) is 0 Å². The number of hydrogen-bond acceptors (Lipinski definition) is 6. The summed E-state index contributed by atoms with van der Waals surface area (Å²) in [5.74, 6) is -1.46. The van der Waals surface area contributed by atoms with Gasteiger partial charge in [0.05, 0.1) is 12.1 Å². The van der Waals surface area contributed by atoms with E-state index >= 15 is 0 Å². The van der Waals surface area contributed by atoms with Gasteiger partial charge in [-0.2, -0.15) is 0 Å². The van der Waals surface area contributed by atoms with Crippen molar-refractivity contribution in [1.82, 2.24) is 21.3 Å². The van der Waals surface area contributed by atoms with Crippen LogP contribution in [0.1, 0.15) is 64.7 Å². The molecule has 2 heterocycles. The molecular weight excluding hydrogens is 424 g/mol. The standard InChI is InChI=1S/C23H38N6O4/c1-2-3-8-16-22(33)29-18(12-27-16)20(31)13-6-4-9-19(30)17-11-15(13)14(21(32)28-17)7-5-10-26-23(24)25/h13-18,27H,2-12H2,1H3,(H,28,32)(H,29,33)(H4,24,25,26)/t13?,14-,15?,16+,17-,18-/m1/s1. The fraction of sp³-hybridized carbons (Fsp3) is 0.783. The molecular formula is C23H38N6O4. The van der Waals surface area contributed by atoms with Crippen molar-refractivity contribution in [3.63, 3.8) is 0 Å². The summed E-state index contributed by atoms with van der Waals surface area (Å²) in [5.41, 5.74) is 5.34. The maximum atomic E-state index is 13.6. The van der Waals surface area contributed by atoms with Crippen molar-refractivity contribution in [2.24, 2.45) is 23.5 Å². The third kappa shape index (κ3) is 6.31. The number of amides is 2. The van der Waals surface area contributed by atoms with Crippen LogP contribution in [0.5, 0.6) is 0 Å². The number of hydrogen-bond donors (Lipinski definition) is 6. The van der Waals surface area contributed by atoms with Crippen LogP contribution in [-0.4, -0.2) is 60.6 Å². The molecule has 2 amide bonds. The fourth-order valence-corrected chi connectivity index (χ4v) is 5.50. The summed E-state index contributed by atoms with van der Waals surface area (Å²) in [6.45, 7) is 2.94. The SMILES string of the molecule is CCCC[C@@H]1NC[C@H](C(=O)C2CCCC(=O)[C@H]3CC2[C@@H](CCCNC(=N)N)C(=O)N3)NC1=O. The van der Waals surface area contributed by atoms with Gasteiger partial charge in [0, 0.05) is 31.3 Å². The second-order valence-corrected chi connectivity index (χ2v) is 9.58. The van der Waals surface area contributed by atoms with Crippen LogP contribution in [0.25, 0.3) is 0 Å². The first kappa shape index (κ1) is 25.1. The molecule has 6 atom stereocenters. The molecule has 3 fully saturated rings. The number of fused-ring (bicyclic) bond motifs is 2. The normalized spacial score (nSPS) is 32.2. The molecule has 10 nitrogen and oxygen atoms in total. The number of nitrogens with one attached hydrogen (secondary N) is 5. The molecule has 2 bridgehead atoms. The fourth-order valence-electron chi connectivity index (χ4n) is 5.50. The highest BCUT2D eigenvalue weighted by molar-refractivity contribution is 5.96. The molecule has 2 saturated heterocycles. The van der Waals surface area contributed by atoms with Gasteiger partial charge in [0.1, 0.15) is 6.04 Å². The molecule has 2 unspecified atom stereocenters. The first-order valence-corrected chi connectivity index (χ1v) is 12.3. The van der Waals surface area contributed by atoms with Gasteiger partial charge in [-0.1, -0.05) is 19.8 Å². The molecule has 0 aromatic heterocycles. The van der Waals surface area contributed by atoms with Crippen LogP contribution < -0.4 is 27.0 Å². The van der Waals surface area contributed by atoms with Crippen molar-refractivity contribution in [3.05, 3.63) is 0 Å². The van der Waals surface area contributed by atoms with E-state index in [0.717, 1.165) is 19.3 Å². The zero-order valence-corrected chi connectivity index (χ0v) is 19.5. The summed E-state index contributed by atoms with van der Waals surface area (Å²) in [5, 5.41) is 19.0. The van der Waals surface area contributed by atoms with E-state index in [1.54, 1.807) is 0 Å². The number of carbonyl (C=O) groups excluding carboxylic acids is 4. The molecule has 0 aromatic carbocycles. The van der Waals surface area contributed by atoms with Gasteiger partial charge in [0.2, 0.25) is 11.8 Å². The summed E-state index contributed by atoms with van der Waals surface area (Å²) >= 11 is 0. The lowest BCUT2D eigenvalue weighted by Crippen LogP contribution is -2.63. The van der Waals surface area contributed by atoms with E-state index in [9.17, 15) is 19.2 Å². The first-order chi connectivity index (χ1) is 15.8. The van der Waals surface area contributed by atoms with E-state index in [4.69, 9.17) is 11.1 Å². The summed E-state index contributed by atoms with van der Waals surface area (Å²) < 4.78 is 0. The Morgan fingerprint density at radius 3 is 2.64 bits per heavy atom. The van der Waals surface area contributed by atoms with Gasteiger partial charge >= 0.3 is 0 Å². The van der Waals surface area contributed by atoms with E-state index in [1.807, 2.05) is 0 Å². The Labute approximate surface area is 195 Å². The second kappa shape index (κ2) is 11.6. The highest BCUT2D eigenvalue weighted by atomic mass is 16.2. The lowest BCUT2D eigenvalue weighted by Gasteiger charge is -2.42. The second-order valence-electron chi connectivity index (χ2n) is 9.58. The Balaban J connectivity index is 1.72. The van der Waals surface area contributed by atoms with Crippen LogP contribution in [0.15, 0.2) is 0 Å². The number of guanidine groups is 1. The highest BCUT2D eigenvalue weighted by Crippen LogP contribution is 2.39. The van der Waals surface area contributed by atoms with E-state index in [1.165, 1.54) is 0 Å². The molecule has 2 aliphatic heterocycles. The van der Waals surface area contributed by atoms with Crippen molar-refractivity contribution in [2.75, 3.05) is 13.1 Å². The van der Waals surface area contributed by atoms with Crippen LogP contribution in [0.4, 0.5) is 0 Å². The van der Waals surface area contributed by atoms with Gasteiger partial charge in [-0.05, 0) is 44.4 Å². The van der Waals surface area contributed by atoms with E-state index in [0.29, 0.717) is 51.6 Å². The Kier molecular flexibility index (Phi) is 8.82. The third-order valence-electron chi connectivity index (χ3n) is 7.29. The third-order valence-corrected chi connectivity index (χ3v) is 7.29. The Morgan fingerprint density at radius 1 is 1.15 bits per heavy atom. The van der Waals surface area contributed by atoms with Gasteiger partial charge in [0.15, 0.2) is 17.5 Å². The van der Waals surface area contributed by atoms with Gasteiger partial charge < -0.3 is 27.0 Å². The van der Waals surface area contributed by atoms with Crippen LogP contribution in [0.2, 0.25) is 0 Å². The van der Waals surface area contributed by atoms with Crippen LogP contribution >= 0.6 is 0 Å². The van der Waals surface area contributed by atoms with Gasteiger partial charge in [-0.25, -0.2) is 0 Å². The maximum Gasteiger partial charge on any atom is 0.237 e. The molecule has 3 rings (SSSR count). The summed E-state index contributed by atoms with van der Waals surface area (Å²) in [6.07, 6.45) is 5.80. The van der Waals surface area contributed by atoms with Crippen molar-refractivity contribution in [1.29, 1.82) is 5.41 Å². The van der Waals surface area contributed by atoms with E-state index in [2.05, 4.69) is 28.2 Å². The van der Waals surface area contributed by atoms with Crippen molar-refractivity contribution in [3.8, 4) is 0 Å². The summed E-state index contributed by atoms with van der Waals surface area (Å²) in [6, 6.07) is -1.42. The van der Waals surface area contributed by atoms with Crippen molar-refractivity contribution < 1.29 is 19.2 Å². The molecule has 1 saturated carbocycles. The monoisotopic (exact) mass is 462 g/mol. The van der Waals surface area contributed by atoms with Crippen LogP contribution in [-0.2, 0) is 19.2 Å². The van der Waals surface area contributed by atoms with Gasteiger partial charge in [0.25, 0.3) is 0 Å². The molecule has 1 aliphatic carbocycles.